The Labute approximate surface area is 165 Å². The van der Waals surface area contributed by atoms with Crippen molar-refractivity contribution >= 4 is 47.1 Å². The molecule has 0 saturated carbocycles. The lowest BCUT2D eigenvalue weighted by atomic mass is 9.99. The van der Waals surface area contributed by atoms with Crippen LogP contribution >= 0.6 is 35.8 Å². The zero-order chi connectivity index (χ0) is 16.8. The SMILES string of the molecule is CC1CC(CN2c3ccccc3Sc3ccc(Cl)cc32)C(C)N1C.Cl. The Morgan fingerprint density at radius 3 is 2.52 bits per heavy atom. The maximum Gasteiger partial charge on any atom is 0.0567 e. The van der Waals surface area contributed by atoms with Gasteiger partial charge in [-0.05, 0) is 63.6 Å². The van der Waals surface area contributed by atoms with E-state index >= 15 is 0 Å². The van der Waals surface area contributed by atoms with E-state index in [2.05, 4.69) is 67.1 Å². The summed E-state index contributed by atoms with van der Waals surface area (Å²) < 4.78 is 0. The molecule has 0 bridgehead atoms. The summed E-state index contributed by atoms with van der Waals surface area (Å²) in [7, 11) is 2.25. The first-order valence-electron chi connectivity index (χ1n) is 8.60. The highest BCUT2D eigenvalue weighted by Crippen LogP contribution is 2.49. The van der Waals surface area contributed by atoms with Crippen LogP contribution in [0.5, 0.6) is 0 Å². The Morgan fingerprint density at radius 1 is 1.08 bits per heavy atom. The number of hydrogen-bond donors (Lipinski definition) is 0. The van der Waals surface area contributed by atoms with E-state index in [0.717, 1.165) is 11.6 Å². The predicted octanol–water partition coefficient (Wildman–Crippen LogP) is 6.09. The van der Waals surface area contributed by atoms with Crippen LogP contribution in [0.4, 0.5) is 11.4 Å². The molecule has 2 nitrogen and oxygen atoms in total. The highest BCUT2D eigenvalue weighted by molar-refractivity contribution is 7.99. The van der Waals surface area contributed by atoms with E-state index in [-0.39, 0.29) is 12.4 Å². The Morgan fingerprint density at radius 2 is 1.80 bits per heavy atom. The number of fused-ring (bicyclic) bond motifs is 2. The normalized spacial score (nSPS) is 25.3. The van der Waals surface area contributed by atoms with E-state index in [4.69, 9.17) is 11.6 Å². The lowest BCUT2D eigenvalue weighted by molar-refractivity contribution is 0.250. The standard InChI is InChI=1S/C20H23ClN2S.ClH/c1-13-10-15(14(2)22(13)3)12-23-17-6-4-5-7-19(17)24-20-9-8-16(21)11-18(20)23;/h4-9,11,13-15H,10,12H2,1-3H3;1H. The number of nitrogens with zero attached hydrogens (tertiary/aromatic N) is 2. The molecule has 25 heavy (non-hydrogen) atoms. The third-order valence-corrected chi connectivity index (χ3v) is 7.03. The van der Waals surface area contributed by atoms with Gasteiger partial charge in [0, 0.05) is 33.4 Å². The van der Waals surface area contributed by atoms with E-state index in [9.17, 15) is 0 Å². The van der Waals surface area contributed by atoms with Crippen molar-refractivity contribution in [2.45, 2.75) is 42.1 Å². The molecule has 5 heteroatoms. The fourth-order valence-electron chi connectivity index (χ4n) is 4.00. The van der Waals surface area contributed by atoms with E-state index < -0.39 is 0 Å². The van der Waals surface area contributed by atoms with Crippen molar-refractivity contribution < 1.29 is 0 Å². The molecule has 0 aliphatic carbocycles. The van der Waals surface area contributed by atoms with Gasteiger partial charge in [0.15, 0.2) is 0 Å². The third-order valence-electron chi connectivity index (χ3n) is 5.67. The van der Waals surface area contributed by atoms with Crippen LogP contribution in [-0.2, 0) is 0 Å². The van der Waals surface area contributed by atoms with Gasteiger partial charge in [-0.2, -0.15) is 0 Å². The molecule has 4 rings (SSSR count). The number of hydrogen-bond acceptors (Lipinski definition) is 3. The summed E-state index contributed by atoms with van der Waals surface area (Å²) in [6.45, 7) is 5.74. The Hall–Kier alpha value is -0.870. The molecule has 0 radical (unpaired) electrons. The largest absolute Gasteiger partial charge is 0.339 e. The third kappa shape index (κ3) is 3.40. The van der Waals surface area contributed by atoms with Crippen molar-refractivity contribution in [1.29, 1.82) is 0 Å². The molecule has 2 heterocycles. The van der Waals surface area contributed by atoms with Crippen LogP contribution in [0.15, 0.2) is 52.3 Å². The molecule has 0 aromatic heterocycles. The van der Waals surface area contributed by atoms with Crippen LogP contribution in [-0.4, -0.2) is 30.6 Å². The Balaban J connectivity index is 0.00000182. The van der Waals surface area contributed by atoms with Crippen LogP contribution in [0, 0.1) is 5.92 Å². The van der Waals surface area contributed by atoms with Crippen molar-refractivity contribution in [3.8, 4) is 0 Å². The molecule has 0 amide bonds. The molecule has 2 aliphatic heterocycles. The quantitative estimate of drug-likeness (QED) is 0.607. The van der Waals surface area contributed by atoms with Crippen LogP contribution in [0.2, 0.25) is 5.02 Å². The molecular weight excluding hydrogens is 371 g/mol. The monoisotopic (exact) mass is 394 g/mol. The molecule has 3 unspecified atom stereocenters. The van der Waals surface area contributed by atoms with E-state index in [1.54, 1.807) is 0 Å². The lowest BCUT2D eigenvalue weighted by Crippen LogP contribution is -2.35. The number of rotatable bonds is 2. The van der Waals surface area contributed by atoms with Crippen molar-refractivity contribution in [1.82, 2.24) is 4.90 Å². The Bertz CT molecular complexity index is 767. The molecule has 0 N–H and O–H groups in total. The molecule has 1 fully saturated rings. The Kier molecular flexibility index (Phi) is 5.60. The number of likely N-dealkylation sites (tertiary alicyclic amines) is 1. The van der Waals surface area contributed by atoms with Gasteiger partial charge in [-0.1, -0.05) is 35.5 Å². The van der Waals surface area contributed by atoms with Gasteiger partial charge in [0.2, 0.25) is 0 Å². The van der Waals surface area contributed by atoms with Gasteiger partial charge in [0.25, 0.3) is 0 Å². The summed E-state index contributed by atoms with van der Waals surface area (Å²) >= 11 is 8.16. The van der Waals surface area contributed by atoms with Gasteiger partial charge < -0.3 is 9.80 Å². The highest BCUT2D eigenvalue weighted by Gasteiger charge is 2.36. The van der Waals surface area contributed by atoms with E-state index in [0.29, 0.717) is 18.0 Å². The average molecular weight is 395 g/mol. The minimum atomic E-state index is 0. The molecular formula is C20H24Cl2N2S. The first-order chi connectivity index (χ1) is 11.5. The highest BCUT2D eigenvalue weighted by atomic mass is 35.5. The summed E-state index contributed by atoms with van der Waals surface area (Å²) in [5, 5.41) is 0.809. The maximum absolute atomic E-state index is 6.32. The maximum atomic E-state index is 6.32. The zero-order valence-electron chi connectivity index (χ0n) is 14.8. The fraction of sp³-hybridized carbons (Fsp3) is 0.400. The van der Waals surface area contributed by atoms with Crippen LogP contribution < -0.4 is 4.90 Å². The summed E-state index contributed by atoms with van der Waals surface area (Å²) in [4.78, 5) is 7.62. The van der Waals surface area contributed by atoms with Gasteiger partial charge in [-0.25, -0.2) is 0 Å². The van der Waals surface area contributed by atoms with Gasteiger partial charge in [-0.3, -0.25) is 0 Å². The minimum Gasteiger partial charge on any atom is -0.339 e. The molecule has 0 spiro atoms. The van der Waals surface area contributed by atoms with E-state index in [1.165, 1.54) is 27.6 Å². The molecule has 134 valence electrons. The molecule has 2 aromatic carbocycles. The summed E-state index contributed by atoms with van der Waals surface area (Å²) in [5.74, 6) is 0.660. The van der Waals surface area contributed by atoms with Gasteiger partial charge in [0.1, 0.15) is 0 Å². The second-order valence-corrected chi connectivity index (χ2v) is 8.56. The summed E-state index contributed by atoms with van der Waals surface area (Å²) in [5.41, 5.74) is 2.56. The second-order valence-electron chi connectivity index (χ2n) is 7.04. The molecule has 2 aromatic rings. The molecule has 1 saturated heterocycles. The van der Waals surface area contributed by atoms with Crippen LogP contribution in [0.1, 0.15) is 20.3 Å². The van der Waals surface area contributed by atoms with E-state index in [1.807, 2.05) is 17.8 Å². The number of benzene rings is 2. The zero-order valence-corrected chi connectivity index (χ0v) is 17.2. The first-order valence-corrected chi connectivity index (χ1v) is 9.80. The van der Waals surface area contributed by atoms with Crippen molar-refractivity contribution in [3.63, 3.8) is 0 Å². The lowest BCUT2D eigenvalue weighted by Gasteiger charge is -2.35. The fourth-order valence-corrected chi connectivity index (χ4v) is 5.24. The predicted molar refractivity (Wildman–Crippen MR) is 111 cm³/mol. The van der Waals surface area contributed by atoms with Gasteiger partial charge >= 0.3 is 0 Å². The van der Waals surface area contributed by atoms with Crippen molar-refractivity contribution in [3.05, 3.63) is 47.5 Å². The molecule has 3 atom stereocenters. The van der Waals surface area contributed by atoms with Crippen molar-refractivity contribution in [2.75, 3.05) is 18.5 Å². The number of anilines is 2. The molecule has 2 aliphatic rings. The topological polar surface area (TPSA) is 6.48 Å². The number of para-hydroxylation sites is 1. The summed E-state index contributed by atoms with van der Waals surface area (Å²) in [6.07, 6.45) is 1.25. The average Bonchev–Trinajstić information content (AvgIpc) is 2.82. The summed E-state index contributed by atoms with van der Waals surface area (Å²) in [6, 6.07) is 16.2. The second kappa shape index (κ2) is 7.40. The van der Waals surface area contributed by atoms with Crippen LogP contribution in [0.3, 0.4) is 0 Å². The smallest absolute Gasteiger partial charge is 0.0567 e. The van der Waals surface area contributed by atoms with Gasteiger partial charge in [-0.15, -0.1) is 12.4 Å². The first kappa shape index (κ1) is 18.9. The van der Waals surface area contributed by atoms with Gasteiger partial charge in [0.05, 0.1) is 11.4 Å². The van der Waals surface area contributed by atoms with Crippen molar-refractivity contribution in [2.24, 2.45) is 5.92 Å². The number of halogens is 2. The minimum absolute atomic E-state index is 0. The van der Waals surface area contributed by atoms with Crippen LogP contribution in [0.25, 0.3) is 0 Å².